The molecule has 2 rings (SSSR count). The summed E-state index contributed by atoms with van der Waals surface area (Å²) >= 11 is 0. The molecule has 2 aromatic carbocycles. The number of rotatable bonds is 10. The number of nitrogens with one attached hydrogen (secondary N) is 2. The second-order valence-electron chi connectivity index (χ2n) is 6.04. The van der Waals surface area contributed by atoms with Gasteiger partial charge >= 0.3 is 0 Å². The van der Waals surface area contributed by atoms with E-state index in [1.165, 1.54) is 39.0 Å². The van der Waals surface area contributed by atoms with Gasteiger partial charge in [-0.3, -0.25) is 9.59 Å². The zero-order valence-corrected chi connectivity index (χ0v) is 16.4. The van der Waals surface area contributed by atoms with Crippen LogP contribution in [0.25, 0.3) is 0 Å². The van der Waals surface area contributed by atoms with Crippen molar-refractivity contribution in [2.75, 3.05) is 34.4 Å². The number of hydrogen-bond acceptors (Lipinski definition) is 5. The highest BCUT2D eigenvalue weighted by molar-refractivity contribution is 5.97. The summed E-state index contributed by atoms with van der Waals surface area (Å²) in [4.78, 5) is 24.3. The summed E-state index contributed by atoms with van der Waals surface area (Å²) in [5.74, 6) is 0.500. The van der Waals surface area contributed by atoms with Gasteiger partial charge in [0.15, 0.2) is 11.5 Å². The summed E-state index contributed by atoms with van der Waals surface area (Å²) in [5.41, 5.74) is 1.54. The van der Waals surface area contributed by atoms with Crippen molar-refractivity contribution in [2.24, 2.45) is 0 Å². The monoisotopic (exact) mass is 386 g/mol. The number of carbonyl (C=O) groups is 2. The van der Waals surface area contributed by atoms with Gasteiger partial charge in [-0.05, 0) is 30.5 Å². The largest absolute Gasteiger partial charge is 0.493 e. The Hall–Kier alpha value is -3.22. The Bertz CT molecular complexity index is 768. The number of carbonyl (C=O) groups excluding carboxylic acids is 2. The number of benzene rings is 2. The Balaban J connectivity index is 1.82. The van der Waals surface area contributed by atoms with Crippen LogP contribution in [0.2, 0.25) is 0 Å². The Kier molecular flexibility index (Phi) is 8.14. The molecule has 0 heterocycles. The first-order chi connectivity index (χ1) is 13.6. The van der Waals surface area contributed by atoms with Gasteiger partial charge in [-0.1, -0.05) is 30.3 Å². The lowest BCUT2D eigenvalue weighted by Gasteiger charge is -2.14. The first-order valence-electron chi connectivity index (χ1n) is 8.97. The highest BCUT2D eigenvalue weighted by Crippen LogP contribution is 2.38. The molecule has 28 heavy (non-hydrogen) atoms. The summed E-state index contributed by atoms with van der Waals surface area (Å²) in [5, 5.41) is 5.39. The minimum atomic E-state index is -0.404. The second kappa shape index (κ2) is 10.8. The van der Waals surface area contributed by atoms with E-state index in [-0.39, 0.29) is 12.5 Å². The molecular formula is C21H26N2O5. The normalized spacial score (nSPS) is 10.1. The molecule has 2 N–H and O–H groups in total. The third kappa shape index (κ3) is 5.90. The first-order valence-corrected chi connectivity index (χ1v) is 8.97. The van der Waals surface area contributed by atoms with Crippen LogP contribution in [0.15, 0.2) is 42.5 Å². The molecule has 0 unspecified atom stereocenters. The quantitative estimate of drug-likeness (QED) is 0.612. The van der Waals surface area contributed by atoms with E-state index in [9.17, 15) is 9.59 Å². The lowest BCUT2D eigenvalue weighted by molar-refractivity contribution is -0.120. The van der Waals surface area contributed by atoms with Crippen LogP contribution < -0.4 is 24.8 Å². The molecule has 2 amide bonds. The maximum absolute atomic E-state index is 12.4. The molecule has 0 bridgehead atoms. The molecule has 0 aliphatic carbocycles. The molecule has 0 atom stereocenters. The van der Waals surface area contributed by atoms with E-state index in [0.717, 1.165) is 12.8 Å². The number of hydrogen-bond donors (Lipinski definition) is 2. The fourth-order valence-electron chi connectivity index (χ4n) is 2.70. The zero-order chi connectivity index (χ0) is 20.4. The zero-order valence-electron chi connectivity index (χ0n) is 16.4. The summed E-state index contributed by atoms with van der Waals surface area (Å²) < 4.78 is 15.7. The lowest BCUT2D eigenvalue weighted by Crippen LogP contribution is -2.37. The van der Waals surface area contributed by atoms with Crippen LogP contribution in [-0.2, 0) is 11.2 Å². The van der Waals surface area contributed by atoms with Gasteiger partial charge in [0.2, 0.25) is 11.7 Å². The van der Waals surface area contributed by atoms with Crippen LogP contribution in [0.1, 0.15) is 22.3 Å². The molecule has 0 aliphatic rings. The number of ether oxygens (including phenoxy) is 3. The first kappa shape index (κ1) is 21.1. The Morgan fingerprint density at radius 2 is 1.54 bits per heavy atom. The second-order valence-corrected chi connectivity index (χ2v) is 6.04. The Morgan fingerprint density at radius 1 is 0.893 bits per heavy atom. The average molecular weight is 386 g/mol. The van der Waals surface area contributed by atoms with Gasteiger partial charge in [-0.2, -0.15) is 0 Å². The molecule has 7 nitrogen and oxygen atoms in total. The fourth-order valence-corrected chi connectivity index (χ4v) is 2.70. The van der Waals surface area contributed by atoms with Gasteiger partial charge in [-0.15, -0.1) is 0 Å². The van der Waals surface area contributed by atoms with Crippen molar-refractivity contribution in [1.82, 2.24) is 10.6 Å². The molecule has 0 spiro atoms. The van der Waals surface area contributed by atoms with Gasteiger partial charge in [0, 0.05) is 12.1 Å². The third-order valence-electron chi connectivity index (χ3n) is 4.14. The molecule has 0 aromatic heterocycles. The fraction of sp³-hybridized carbons (Fsp3) is 0.333. The summed E-state index contributed by atoms with van der Waals surface area (Å²) in [7, 11) is 4.44. The minimum Gasteiger partial charge on any atom is -0.493 e. The molecule has 0 aliphatic heterocycles. The molecule has 0 saturated heterocycles. The summed E-state index contributed by atoms with van der Waals surface area (Å²) in [6, 6.07) is 13.1. The van der Waals surface area contributed by atoms with Crippen molar-refractivity contribution in [2.45, 2.75) is 12.8 Å². The van der Waals surface area contributed by atoms with Gasteiger partial charge in [0.25, 0.3) is 5.91 Å². The number of aryl methyl sites for hydroxylation is 1. The molecule has 2 aromatic rings. The highest BCUT2D eigenvalue weighted by Gasteiger charge is 2.17. The smallest absolute Gasteiger partial charge is 0.251 e. The van der Waals surface area contributed by atoms with Gasteiger partial charge in [0.1, 0.15) is 0 Å². The standard InChI is InChI=1S/C21H26N2O5/c1-26-17-12-16(13-18(27-2)20(17)28-3)21(25)23-14-19(24)22-11-7-10-15-8-5-4-6-9-15/h4-6,8-9,12-13H,7,10-11,14H2,1-3H3,(H,22,24)(H,23,25). The SMILES string of the molecule is COc1cc(C(=O)NCC(=O)NCCCc2ccccc2)cc(OC)c1OC. The molecule has 0 saturated carbocycles. The van der Waals surface area contributed by atoms with E-state index in [0.29, 0.717) is 29.4 Å². The van der Waals surface area contributed by atoms with Gasteiger partial charge in [0.05, 0.1) is 27.9 Å². The van der Waals surface area contributed by atoms with Crippen LogP contribution >= 0.6 is 0 Å². The summed E-state index contributed by atoms with van der Waals surface area (Å²) in [6.45, 7) is 0.439. The van der Waals surface area contributed by atoms with Crippen molar-refractivity contribution in [1.29, 1.82) is 0 Å². The van der Waals surface area contributed by atoms with Crippen molar-refractivity contribution in [3.8, 4) is 17.2 Å². The Labute approximate surface area is 165 Å². The Morgan fingerprint density at radius 3 is 2.11 bits per heavy atom. The van der Waals surface area contributed by atoms with Crippen LogP contribution in [0, 0.1) is 0 Å². The lowest BCUT2D eigenvalue weighted by atomic mass is 10.1. The molecule has 150 valence electrons. The predicted molar refractivity (Wildman–Crippen MR) is 106 cm³/mol. The predicted octanol–water partition coefficient (Wildman–Crippen LogP) is 2.19. The van der Waals surface area contributed by atoms with E-state index < -0.39 is 5.91 Å². The highest BCUT2D eigenvalue weighted by atomic mass is 16.5. The van der Waals surface area contributed by atoms with Crippen LogP contribution in [0.4, 0.5) is 0 Å². The van der Waals surface area contributed by atoms with Crippen molar-refractivity contribution >= 4 is 11.8 Å². The van der Waals surface area contributed by atoms with Crippen LogP contribution in [0.3, 0.4) is 0 Å². The minimum absolute atomic E-state index is 0.110. The summed E-state index contributed by atoms with van der Waals surface area (Å²) in [6.07, 6.45) is 1.72. The van der Waals surface area contributed by atoms with Crippen molar-refractivity contribution < 1.29 is 23.8 Å². The number of amides is 2. The van der Waals surface area contributed by atoms with E-state index >= 15 is 0 Å². The van der Waals surface area contributed by atoms with E-state index in [1.54, 1.807) is 0 Å². The van der Waals surface area contributed by atoms with Gasteiger partial charge < -0.3 is 24.8 Å². The van der Waals surface area contributed by atoms with Crippen molar-refractivity contribution in [3.05, 3.63) is 53.6 Å². The maximum Gasteiger partial charge on any atom is 0.251 e. The van der Waals surface area contributed by atoms with E-state index in [1.807, 2.05) is 18.2 Å². The van der Waals surface area contributed by atoms with Crippen LogP contribution in [-0.4, -0.2) is 46.2 Å². The van der Waals surface area contributed by atoms with Crippen LogP contribution in [0.5, 0.6) is 17.2 Å². The molecule has 0 fully saturated rings. The van der Waals surface area contributed by atoms with E-state index in [4.69, 9.17) is 14.2 Å². The number of methoxy groups -OCH3 is 3. The topological polar surface area (TPSA) is 85.9 Å². The average Bonchev–Trinajstić information content (AvgIpc) is 2.74. The van der Waals surface area contributed by atoms with E-state index in [2.05, 4.69) is 22.8 Å². The third-order valence-corrected chi connectivity index (χ3v) is 4.14. The van der Waals surface area contributed by atoms with Gasteiger partial charge in [-0.25, -0.2) is 0 Å². The molecular weight excluding hydrogens is 360 g/mol. The maximum atomic E-state index is 12.4. The van der Waals surface area contributed by atoms with Crippen molar-refractivity contribution in [3.63, 3.8) is 0 Å². The molecule has 0 radical (unpaired) electrons. The molecule has 7 heteroatoms.